The molecule has 0 heterocycles. The molecule has 0 aliphatic carbocycles. The van der Waals surface area contributed by atoms with Gasteiger partial charge < -0.3 is 9.47 Å². The zero-order valence-corrected chi connectivity index (χ0v) is 14.1. The van der Waals surface area contributed by atoms with Gasteiger partial charge in [-0.05, 0) is 29.9 Å². The van der Waals surface area contributed by atoms with Gasteiger partial charge >= 0.3 is 0 Å². The lowest BCUT2D eigenvalue weighted by Gasteiger charge is -2.18. The Morgan fingerprint density at radius 3 is 2.08 bits per heavy atom. The normalized spacial score (nSPS) is 10.2. The molecule has 124 valence electrons. The van der Waals surface area contributed by atoms with E-state index in [2.05, 4.69) is 44.5 Å². The van der Waals surface area contributed by atoms with Crippen molar-refractivity contribution in [2.45, 2.75) is 12.8 Å². The highest BCUT2D eigenvalue weighted by Crippen LogP contribution is 2.38. The quantitative estimate of drug-likeness (QED) is 0.544. The van der Waals surface area contributed by atoms with E-state index in [1.807, 2.05) is 18.2 Å². The molecular formula is C22H24O2. The fourth-order valence-corrected chi connectivity index (χ4v) is 2.73. The van der Waals surface area contributed by atoms with Crippen LogP contribution in [0.1, 0.15) is 11.1 Å². The molecule has 0 spiro atoms. The highest BCUT2D eigenvalue weighted by atomic mass is 16.5. The van der Waals surface area contributed by atoms with Crippen LogP contribution in [-0.2, 0) is 12.8 Å². The maximum atomic E-state index is 6.02. The van der Waals surface area contributed by atoms with E-state index in [0.717, 1.165) is 39.8 Å². The molecular weight excluding hydrogens is 296 g/mol. The summed E-state index contributed by atoms with van der Waals surface area (Å²) in [6.07, 6.45) is 8.70. The van der Waals surface area contributed by atoms with Crippen LogP contribution in [0.25, 0.3) is 10.8 Å². The number of rotatable bonds is 10. The van der Waals surface area contributed by atoms with E-state index >= 15 is 0 Å². The molecule has 0 atom stereocenters. The van der Waals surface area contributed by atoms with E-state index in [9.17, 15) is 0 Å². The van der Waals surface area contributed by atoms with E-state index in [1.54, 1.807) is 12.2 Å². The van der Waals surface area contributed by atoms with Crippen LogP contribution in [0.2, 0.25) is 0 Å². The molecule has 0 aliphatic rings. The second-order valence-corrected chi connectivity index (χ2v) is 5.38. The lowest BCUT2D eigenvalue weighted by molar-refractivity contribution is 0.357. The number of hydrogen-bond acceptors (Lipinski definition) is 2. The molecule has 24 heavy (non-hydrogen) atoms. The molecule has 0 bridgehead atoms. The summed E-state index contributed by atoms with van der Waals surface area (Å²) in [6.45, 7) is 16.1. The first kappa shape index (κ1) is 17.6. The Bertz CT molecular complexity index is 756. The van der Waals surface area contributed by atoms with Crippen molar-refractivity contribution >= 4 is 10.8 Å². The van der Waals surface area contributed by atoms with E-state index in [1.165, 1.54) is 0 Å². The molecule has 0 radical (unpaired) electrons. The summed E-state index contributed by atoms with van der Waals surface area (Å²) in [5.41, 5.74) is 2.18. The molecule has 0 unspecified atom stereocenters. The smallest absolute Gasteiger partial charge is 0.131 e. The molecule has 2 rings (SSSR count). The van der Waals surface area contributed by atoms with Crippen molar-refractivity contribution in [2.75, 3.05) is 13.2 Å². The summed E-state index contributed by atoms with van der Waals surface area (Å²) >= 11 is 0. The minimum atomic E-state index is 0.453. The molecule has 2 aromatic rings. The van der Waals surface area contributed by atoms with Gasteiger partial charge in [0.2, 0.25) is 0 Å². The van der Waals surface area contributed by atoms with Gasteiger partial charge in [0.25, 0.3) is 0 Å². The van der Waals surface area contributed by atoms with Gasteiger partial charge in [-0.3, -0.25) is 0 Å². The zero-order valence-electron chi connectivity index (χ0n) is 14.1. The zero-order chi connectivity index (χ0) is 17.4. The summed E-state index contributed by atoms with van der Waals surface area (Å²) in [4.78, 5) is 0. The molecule has 2 heteroatoms. The first-order valence-corrected chi connectivity index (χ1v) is 8.03. The summed E-state index contributed by atoms with van der Waals surface area (Å²) < 4.78 is 11.9. The van der Waals surface area contributed by atoms with Gasteiger partial charge in [0.1, 0.15) is 24.7 Å². The molecule has 0 fully saturated rings. The maximum absolute atomic E-state index is 6.02. The van der Waals surface area contributed by atoms with Crippen LogP contribution in [0, 0.1) is 0 Å². The number of allylic oxidation sites excluding steroid dienone is 2. The monoisotopic (exact) mass is 320 g/mol. The van der Waals surface area contributed by atoms with Crippen LogP contribution in [0.5, 0.6) is 11.5 Å². The summed E-state index contributed by atoms with van der Waals surface area (Å²) in [5.74, 6) is 1.70. The SMILES string of the molecule is C=CCOc1ccc2ccc(CC=C)c(OCC=C)c2c1CC=C. The Kier molecular flexibility index (Phi) is 6.44. The van der Waals surface area contributed by atoms with Crippen LogP contribution in [0.15, 0.2) is 74.9 Å². The van der Waals surface area contributed by atoms with Crippen molar-refractivity contribution in [3.63, 3.8) is 0 Å². The number of fused-ring (bicyclic) bond motifs is 1. The third-order valence-corrected chi connectivity index (χ3v) is 3.70. The third-order valence-electron chi connectivity index (χ3n) is 3.70. The fourth-order valence-electron chi connectivity index (χ4n) is 2.73. The van der Waals surface area contributed by atoms with Gasteiger partial charge in [-0.25, -0.2) is 0 Å². The first-order valence-electron chi connectivity index (χ1n) is 8.03. The second-order valence-electron chi connectivity index (χ2n) is 5.38. The predicted molar refractivity (Wildman–Crippen MR) is 103 cm³/mol. The van der Waals surface area contributed by atoms with Crippen molar-refractivity contribution in [3.8, 4) is 11.5 Å². The van der Waals surface area contributed by atoms with Gasteiger partial charge in [0, 0.05) is 10.9 Å². The molecule has 0 aromatic heterocycles. The third kappa shape index (κ3) is 3.77. The lowest BCUT2D eigenvalue weighted by atomic mass is 9.96. The number of ether oxygens (including phenoxy) is 2. The average molecular weight is 320 g/mol. The Labute approximate surface area is 144 Å². The first-order chi connectivity index (χ1) is 11.8. The molecule has 2 aromatic carbocycles. The minimum Gasteiger partial charge on any atom is -0.489 e. The molecule has 0 N–H and O–H groups in total. The Balaban J connectivity index is 2.73. The van der Waals surface area contributed by atoms with Crippen LogP contribution in [-0.4, -0.2) is 13.2 Å². The average Bonchev–Trinajstić information content (AvgIpc) is 2.60. The second kappa shape index (κ2) is 8.78. The van der Waals surface area contributed by atoms with Gasteiger partial charge in [-0.2, -0.15) is 0 Å². The Morgan fingerprint density at radius 1 is 0.750 bits per heavy atom. The highest BCUT2D eigenvalue weighted by Gasteiger charge is 2.15. The topological polar surface area (TPSA) is 18.5 Å². The lowest BCUT2D eigenvalue weighted by Crippen LogP contribution is -2.02. The van der Waals surface area contributed by atoms with Crippen LogP contribution < -0.4 is 9.47 Å². The predicted octanol–water partition coefficient (Wildman–Crippen LogP) is 5.43. The number of hydrogen-bond donors (Lipinski definition) is 0. The van der Waals surface area contributed by atoms with Crippen LogP contribution >= 0.6 is 0 Å². The van der Waals surface area contributed by atoms with Gasteiger partial charge in [0.05, 0.1) is 0 Å². The van der Waals surface area contributed by atoms with Crippen molar-refractivity contribution in [1.82, 2.24) is 0 Å². The van der Waals surface area contributed by atoms with Gasteiger partial charge in [-0.1, -0.05) is 55.7 Å². The Morgan fingerprint density at radius 2 is 1.42 bits per heavy atom. The van der Waals surface area contributed by atoms with E-state index in [0.29, 0.717) is 19.6 Å². The van der Waals surface area contributed by atoms with Crippen molar-refractivity contribution in [2.24, 2.45) is 0 Å². The Hall–Kier alpha value is -2.74. The standard InChI is InChI=1S/C22H24O2/c1-5-9-18-12-11-17-13-14-20(23-15-7-3)19(10-6-2)21(17)22(18)24-16-8-4/h5-8,11-14H,1-4,9-10,15-16H2. The van der Waals surface area contributed by atoms with E-state index in [4.69, 9.17) is 9.47 Å². The van der Waals surface area contributed by atoms with Crippen LogP contribution in [0.3, 0.4) is 0 Å². The van der Waals surface area contributed by atoms with Crippen molar-refractivity contribution < 1.29 is 9.47 Å². The summed E-state index contributed by atoms with van der Waals surface area (Å²) in [7, 11) is 0. The summed E-state index contributed by atoms with van der Waals surface area (Å²) in [5, 5.41) is 2.18. The molecule has 0 saturated heterocycles. The van der Waals surface area contributed by atoms with Gasteiger partial charge in [0.15, 0.2) is 0 Å². The highest BCUT2D eigenvalue weighted by molar-refractivity contribution is 5.94. The fraction of sp³-hybridized carbons (Fsp3) is 0.182. The van der Waals surface area contributed by atoms with E-state index in [-0.39, 0.29) is 0 Å². The largest absolute Gasteiger partial charge is 0.489 e. The number of benzene rings is 2. The maximum Gasteiger partial charge on any atom is 0.131 e. The minimum absolute atomic E-state index is 0.453. The molecule has 2 nitrogen and oxygen atoms in total. The summed E-state index contributed by atoms with van der Waals surface area (Å²) in [6, 6.07) is 8.25. The molecule has 0 saturated carbocycles. The van der Waals surface area contributed by atoms with Gasteiger partial charge in [-0.15, -0.1) is 13.2 Å². The molecule has 0 amide bonds. The molecule has 0 aliphatic heterocycles. The van der Waals surface area contributed by atoms with Crippen LogP contribution in [0.4, 0.5) is 0 Å². The van der Waals surface area contributed by atoms with E-state index < -0.39 is 0 Å². The van der Waals surface area contributed by atoms with Crippen molar-refractivity contribution in [3.05, 3.63) is 86.0 Å². The van der Waals surface area contributed by atoms with Crippen molar-refractivity contribution in [1.29, 1.82) is 0 Å².